The van der Waals surface area contributed by atoms with E-state index in [2.05, 4.69) is 27.7 Å². The first-order valence-electron chi connectivity index (χ1n) is 7.99. The minimum absolute atomic E-state index is 0.102. The first-order valence-corrected chi connectivity index (χ1v) is 9.28. The lowest BCUT2D eigenvalue weighted by molar-refractivity contribution is 0.0925. The number of nitrogens with one attached hydrogen (secondary N) is 2. The van der Waals surface area contributed by atoms with Gasteiger partial charge in [0.1, 0.15) is 5.69 Å². The Morgan fingerprint density at radius 3 is 2.86 bits per heavy atom. The zero-order valence-electron chi connectivity index (χ0n) is 12.7. The van der Waals surface area contributed by atoms with Gasteiger partial charge in [0.05, 0.1) is 0 Å². The lowest BCUT2D eigenvalue weighted by Crippen LogP contribution is -2.36. The van der Waals surface area contributed by atoms with Gasteiger partial charge in [-0.15, -0.1) is 0 Å². The number of hydrogen-bond acceptors (Lipinski definition) is 3. The summed E-state index contributed by atoms with van der Waals surface area (Å²) in [5.41, 5.74) is 0.828. The van der Waals surface area contributed by atoms with Crippen LogP contribution < -0.4 is 10.6 Å². The van der Waals surface area contributed by atoms with Crippen LogP contribution in [0.15, 0.2) is 18.3 Å². The predicted molar refractivity (Wildman–Crippen MR) is 88.0 cm³/mol. The fraction of sp³-hybridized carbons (Fsp3) is 0.688. The van der Waals surface area contributed by atoms with Gasteiger partial charge in [0.2, 0.25) is 0 Å². The molecule has 1 aromatic heterocycles. The number of piperidine rings is 1. The van der Waals surface area contributed by atoms with E-state index in [1.807, 2.05) is 23.9 Å². The Labute approximate surface area is 131 Å². The molecule has 3 rings (SSSR count). The van der Waals surface area contributed by atoms with Gasteiger partial charge in [0.15, 0.2) is 0 Å². The molecular formula is C16H25N3OS. The third kappa shape index (κ3) is 3.46. The summed E-state index contributed by atoms with van der Waals surface area (Å²) in [6.45, 7) is 2.09. The fourth-order valence-corrected chi connectivity index (χ4v) is 4.33. The zero-order chi connectivity index (χ0) is 14.7. The van der Waals surface area contributed by atoms with Crippen LogP contribution in [0.2, 0.25) is 0 Å². The lowest BCUT2D eigenvalue weighted by atomic mass is 10.1. The van der Waals surface area contributed by atoms with Crippen LogP contribution in [0, 0.1) is 0 Å². The molecule has 116 valence electrons. The Balaban J connectivity index is 1.64. The Morgan fingerprint density at radius 2 is 2.14 bits per heavy atom. The van der Waals surface area contributed by atoms with Gasteiger partial charge in [-0.1, -0.05) is 0 Å². The molecule has 21 heavy (non-hydrogen) atoms. The van der Waals surface area contributed by atoms with E-state index >= 15 is 0 Å². The largest absolute Gasteiger partial charge is 0.348 e. The maximum atomic E-state index is 12.6. The molecule has 1 amide bonds. The molecule has 2 N–H and O–H groups in total. The second kappa shape index (κ2) is 6.88. The third-order valence-electron chi connectivity index (χ3n) is 4.77. The quantitative estimate of drug-likeness (QED) is 0.898. The van der Waals surface area contributed by atoms with Crippen molar-refractivity contribution in [2.45, 2.75) is 49.4 Å². The second-order valence-corrected chi connectivity index (χ2v) is 7.26. The van der Waals surface area contributed by atoms with Crippen molar-refractivity contribution in [1.82, 2.24) is 15.2 Å². The molecule has 0 spiro atoms. The van der Waals surface area contributed by atoms with Gasteiger partial charge in [0.25, 0.3) is 5.91 Å². The normalized spacial score (nSPS) is 26.9. The van der Waals surface area contributed by atoms with E-state index in [4.69, 9.17) is 0 Å². The molecule has 0 aromatic carbocycles. The maximum Gasteiger partial charge on any atom is 0.268 e. The van der Waals surface area contributed by atoms with Crippen LogP contribution in [0.1, 0.15) is 48.6 Å². The van der Waals surface area contributed by atoms with Gasteiger partial charge >= 0.3 is 0 Å². The molecule has 1 saturated heterocycles. The number of thioether (sulfide) groups is 1. The highest BCUT2D eigenvalue weighted by atomic mass is 32.2. The molecule has 0 radical (unpaired) electrons. The van der Waals surface area contributed by atoms with Crippen molar-refractivity contribution in [1.29, 1.82) is 0 Å². The van der Waals surface area contributed by atoms with Gasteiger partial charge in [0, 0.05) is 23.5 Å². The van der Waals surface area contributed by atoms with Gasteiger partial charge in [-0.25, -0.2) is 0 Å². The Kier molecular flexibility index (Phi) is 4.91. The van der Waals surface area contributed by atoms with Crippen molar-refractivity contribution in [3.05, 3.63) is 24.0 Å². The van der Waals surface area contributed by atoms with Gasteiger partial charge in [-0.3, -0.25) is 4.79 Å². The highest BCUT2D eigenvalue weighted by Crippen LogP contribution is 2.28. The fourth-order valence-electron chi connectivity index (χ4n) is 3.53. The SMILES string of the molecule is CSC1CCC(NC(=O)c2cccn2C2CCNCC2)C1. The second-order valence-electron chi connectivity index (χ2n) is 6.12. The summed E-state index contributed by atoms with van der Waals surface area (Å²) in [5, 5.41) is 7.33. The number of hydrogen-bond donors (Lipinski definition) is 2. The molecule has 0 bridgehead atoms. The number of nitrogens with zero attached hydrogens (tertiary/aromatic N) is 1. The van der Waals surface area contributed by atoms with Gasteiger partial charge < -0.3 is 15.2 Å². The number of carbonyl (C=O) groups is 1. The van der Waals surface area contributed by atoms with Crippen LogP contribution in [-0.4, -0.2) is 41.1 Å². The van der Waals surface area contributed by atoms with E-state index in [0.29, 0.717) is 17.3 Å². The van der Waals surface area contributed by atoms with Crippen LogP contribution >= 0.6 is 11.8 Å². The molecule has 5 heteroatoms. The first kappa shape index (κ1) is 15.0. The molecule has 2 atom stereocenters. The molecule has 2 unspecified atom stereocenters. The monoisotopic (exact) mass is 307 g/mol. The minimum Gasteiger partial charge on any atom is -0.348 e. The Bertz CT molecular complexity index is 482. The van der Waals surface area contributed by atoms with Crippen LogP contribution in [0.4, 0.5) is 0 Å². The smallest absolute Gasteiger partial charge is 0.268 e. The summed E-state index contributed by atoms with van der Waals surface area (Å²) >= 11 is 1.92. The average Bonchev–Trinajstić information content (AvgIpc) is 3.17. The van der Waals surface area contributed by atoms with E-state index in [9.17, 15) is 4.79 Å². The van der Waals surface area contributed by atoms with Crippen molar-refractivity contribution >= 4 is 17.7 Å². The Morgan fingerprint density at radius 1 is 1.33 bits per heavy atom. The highest BCUT2D eigenvalue weighted by molar-refractivity contribution is 7.99. The lowest BCUT2D eigenvalue weighted by Gasteiger charge is -2.26. The van der Waals surface area contributed by atoms with E-state index in [1.54, 1.807) is 0 Å². The topological polar surface area (TPSA) is 46.1 Å². The van der Waals surface area contributed by atoms with Crippen molar-refractivity contribution < 1.29 is 4.79 Å². The van der Waals surface area contributed by atoms with E-state index in [0.717, 1.165) is 44.5 Å². The molecule has 2 aliphatic rings. The third-order valence-corrected chi connectivity index (χ3v) is 5.86. The summed E-state index contributed by atoms with van der Waals surface area (Å²) in [7, 11) is 0. The molecule has 1 aliphatic heterocycles. The average molecular weight is 307 g/mol. The first-order chi connectivity index (χ1) is 10.3. The number of rotatable bonds is 4. The molecular weight excluding hydrogens is 282 g/mol. The van der Waals surface area contributed by atoms with Crippen LogP contribution in [0.5, 0.6) is 0 Å². The molecule has 1 saturated carbocycles. The van der Waals surface area contributed by atoms with Crippen LogP contribution in [0.25, 0.3) is 0 Å². The summed E-state index contributed by atoms with van der Waals surface area (Å²) in [6.07, 6.45) is 9.88. The standard InChI is InChI=1S/C16H25N3OS/c1-21-14-5-4-12(11-14)18-16(20)15-3-2-10-19(15)13-6-8-17-9-7-13/h2-3,10,12-14,17H,4-9,11H2,1H3,(H,18,20). The summed E-state index contributed by atoms with van der Waals surface area (Å²) < 4.78 is 2.18. The molecule has 2 heterocycles. The van der Waals surface area contributed by atoms with Crippen molar-refractivity contribution in [2.75, 3.05) is 19.3 Å². The van der Waals surface area contributed by atoms with Crippen molar-refractivity contribution in [2.24, 2.45) is 0 Å². The van der Waals surface area contributed by atoms with Gasteiger partial charge in [-0.05, 0) is 63.6 Å². The molecule has 1 aromatic rings. The number of amides is 1. The summed E-state index contributed by atoms with van der Waals surface area (Å²) in [4.78, 5) is 12.6. The molecule has 1 aliphatic carbocycles. The van der Waals surface area contributed by atoms with Gasteiger partial charge in [-0.2, -0.15) is 11.8 Å². The number of aromatic nitrogens is 1. The molecule has 2 fully saturated rings. The van der Waals surface area contributed by atoms with E-state index < -0.39 is 0 Å². The molecule has 4 nitrogen and oxygen atoms in total. The van der Waals surface area contributed by atoms with Crippen LogP contribution in [0.3, 0.4) is 0 Å². The maximum absolute atomic E-state index is 12.6. The van der Waals surface area contributed by atoms with Crippen molar-refractivity contribution in [3.63, 3.8) is 0 Å². The highest BCUT2D eigenvalue weighted by Gasteiger charge is 2.27. The predicted octanol–water partition coefficient (Wildman–Crippen LogP) is 2.43. The summed E-state index contributed by atoms with van der Waals surface area (Å²) in [5.74, 6) is 0.102. The van der Waals surface area contributed by atoms with Crippen molar-refractivity contribution in [3.8, 4) is 0 Å². The van der Waals surface area contributed by atoms with Crippen LogP contribution in [-0.2, 0) is 0 Å². The van der Waals surface area contributed by atoms with E-state index in [1.165, 1.54) is 6.42 Å². The minimum atomic E-state index is 0.102. The van der Waals surface area contributed by atoms with E-state index in [-0.39, 0.29) is 5.91 Å². The Hall–Kier alpha value is -0.940. The number of carbonyl (C=O) groups excluding carboxylic acids is 1. The zero-order valence-corrected chi connectivity index (χ0v) is 13.5. The summed E-state index contributed by atoms with van der Waals surface area (Å²) in [6, 6.07) is 4.77.